The first-order valence-corrected chi connectivity index (χ1v) is 6.03. The Hall–Kier alpha value is -1.02. The third kappa shape index (κ3) is 2.56. The van der Waals surface area contributed by atoms with Crippen LogP contribution in [0, 0.1) is 12.3 Å². The van der Waals surface area contributed by atoms with Gasteiger partial charge >= 0.3 is 0 Å². The molecule has 0 bridgehead atoms. The van der Waals surface area contributed by atoms with Crippen molar-refractivity contribution in [2.45, 2.75) is 39.7 Å². The maximum Gasteiger partial charge on any atom is 0.120 e. The molecule has 2 nitrogen and oxygen atoms in total. The van der Waals surface area contributed by atoms with Crippen LogP contribution in [0.4, 0.5) is 0 Å². The molecule has 0 heterocycles. The third-order valence-corrected chi connectivity index (χ3v) is 3.59. The van der Waals surface area contributed by atoms with Gasteiger partial charge in [0.15, 0.2) is 0 Å². The molecule has 0 saturated heterocycles. The van der Waals surface area contributed by atoms with Crippen LogP contribution >= 0.6 is 0 Å². The molecule has 1 aliphatic rings. The average molecular weight is 219 g/mol. The molecule has 1 saturated carbocycles. The molecular formula is C14H21NO. The monoisotopic (exact) mass is 219 g/mol. The van der Waals surface area contributed by atoms with Crippen LogP contribution < -0.4 is 5.32 Å². The molecule has 1 aromatic carbocycles. The van der Waals surface area contributed by atoms with Crippen LogP contribution in [0.3, 0.4) is 0 Å². The first-order chi connectivity index (χ1) is 7.50. The molecule has 0 spiro atoms. The summed E-state index contributed by atoms with van der Waals surface area (Å²) in [5.74, 6) is 0.404. The van der Waals surface area contributed by atoms with Crippen molar-refractivity contribution >= 4 is 0 Å². The molecule has 1 fully saturated rings. The molecule has 88 valence electrons. The van der Waals surface area contributed by atoms with E-state index in [1.165, 1.54) is 12.8 Å². The lowest BCUT2D eigenvalue weighted by Crippen LogP contribution is -2.25. The van der Waals surface area contributed by atoms with Crippen molar-refractivity contribution in [3.8, 4) is 5.75 Å². The largest absolute Gasteiger partial charge is 0.508 e. The fourth-order valence-corrected chi connectivity index (χ4v) is 1.92. The molecule has 16 heavy (non-hydrogen) atoms. The quantitative estimate of drug-likeness (QED) is 0.815. The molecule has 1 aliphatic carbocycles. The number of hydrogen-bond donors (Lipinski definition) is 2. The fourth-order valence-electron chi connectivity index (χ4n) is 1.92. The van der Waals surface area contributed by atoms with Gasteiger partial charge in [-0.1, -0.05) is 19.1 Å². The lowest BCUT2D eigenvalue weighted by molar-refractivity contribution is 0.428. The maximum absolute atomic E-state index is 9.87. The molecule has 2 heteroatoms. The van der Waals surface area contributed by atoms with Crippen LogP contribution in [0.2, 0.25) is 0 Å². The summed E-state index contributed by atoms with van der Waals surface area (Å²) in [5.41, 5.74) is 2.60. The van der Waals surface area contributed by atoms with Crippen LogP contribution in [0.15, 0.2) is 18.2 Å². The van der Waals surface area contributed by atoms with E-state index in [4.69, 9.17) is 0 Å². The summed E-state index contributed by atoms with van der Waals surface area (Å²) in [5, 5.41) is 13.4. The highest BCUT2D eigenvalue weighted by Gasteiger charge is 2.37. The highest BCUT2D eigenvalue weighted by atomic mass is 16.3. The van der Waals surface area contributed by atoms with Gasteiger partial charge in [-0.15, -0.1) is 0 Å². The zero-order valence-corrected chi connectivity index (χ0v) is 10.4. The molecule has 1 aromatic rings. The minimum absolute atomic E-state index is 0.220. The first kappa shape index (κ1) is 11.5. The summed E-state index contributed by atoms with van der Waals surface area (Å²) in [7, 11) is 0. The van der Waals surface area contributed by atoms with Gasteiger partial charge in [0.25, 0.3) is 0 Å². The maximum atomic E-state index is 9.87. The summed E-state index contributed by atoms with van der Waals surface area (Å²) in [6, 6.07) is 6.11. The highest BCUT2D eigenvalue weighted by molar-refractivity contribution is 5.37. The Morgan fingerprint density at radius 3 is 2.69 bits per heavy atom. The first-order valence-electron chi connectivity index (χ1n) is 6.03. The smallest absolute Gasteiger partial charge is 0.120 e. The Kier molecular flexibility index (Phi) is 2.94. The minimum atomic E-state index is 0.220. The number of phenols is 1. The topological polar surface area (TPSA) is 32.3 Å². The van der Waals surface area contributed by atoms with Gasteiger partial charge in [-0.05, 0) is 43.7 Å². The Balaban J connectivity index is 1.99. The Labute approximate surface area is 97.7 Å². The molecule has 0 amide bonds. The lowest BCUT2D eigenvalue weighted by Gasteiger charge is -2.18. The predicted octanol–water partition coefficient (Wildman–Crippen LogP) is 3.15. The lowest BCUT2D eigenvalue weighted by atomic mass is 10.0. The van der Waals surface area contributed by atoms with Gasteiger partial charge in [-0.2, -0.15) is 0 Å². The number of nitrogens with one attached hydrogen (secondary N) is 1. The molecule has 2 N–H and O–H groups in total. The Morgan fingerprint density at radius 2 is 2.12 bits per heavy atom. The molecule has 0 radical (unpaired) electrons. The number of rotatable bonds is 4. The minimum Gasteiger partial charge on any atom is -0.508 e. The Bertz CT molecular complexity index is 382. The molecule has 1 atom stereocenters. The van der Waals surface area contributed by atoms with Crippen molar-refractivity contribution in [3.05, 3.63) is 29.3 Å². The molecule has 1 unspecified atom stereocenters. The van der Waals surface area contributed by atoms with Crippen molar-refractivity contribution < 1.29 is 5.11 Å². The Morgan fingerprint density at radius 1 is 1.44 bits per heavy atom. The molecular weight excluding hydrogens is 198 g/mol. The number of hydrogen-bond acceptors (Lipinski definition) is 2. The van der Waals surface area contributed by atoms with Crippen molar-refractivity contribution in [2.75, 3.05) is 6.54 Å². The van der Waals surface area contributed by atoms with Gasteiger partial charge in [-0.25, -0.2) is 0 Å². The number of phenolic OH excluding ortho intramolecular Hbond substituents is 1. The SMILES string of the molecule is Cc1ccc(C(C)NCC2(C)CC2)c(O)c1. The zero-order chi connectivity index (χ0) is 11.8. The summed E-state index contributed by atoms with van der Waals surface area (Å²) in [6.45, 7) is 7.45. The van der Waals surface area contributed by atoms with Gasteiger partial charge in [-0.3, -0.25) is 0 Å². The van der Waals surface area contributed by atoms with Crippen molar-refractivity contribution in [1.82, 2.24) is 5.32 Å². The standard InChI is InChI=1S/C14H21NO/c1-10-4-5-12(13(16)8-10)11(2)15-9-14(3)6-7-14/h4-5,8,11,15-16H,6-7,9H2,1-3H3. The van der Waals surface area contributed by atoms with Crippen LogP contribution in [0.25, 0.3) is 0 Å². The summed E-state index contributed by atoms with van der Waals surface area (Å²) in [4.78, 5) is 0. The van der Waals surface area contributed by atoms with Crippen LogP contribution in [0.1, 0.15) is 43.9 Å². The zero-order valence-electron chi connectivity index (χ0n) is 10.4. The van der Waals surface area contributed by atoms with Gasteiger partial charge in [0, 0.05) is 18.2 Å². The van der Waals surface area contributed by atoms with E-state index in [0.29, 0.717) is 11.2 Å². The van der Waals surface area contributed by atoms with E-state index in [-0.39, 0.29) is 6.04 Å². The summed E-state index contributed by atoms with van der Waals surface area (Å²) >= 11 is 0. The fraction of sp³-hybridized carbons (Fsp3) is 0.571. The van der Waals surface area contributed by atoms with Crippen LogP contribution in [0.5, 0.6) is 5.75 Å². The molecule has 2 rings (SSSR count). The second-order valence-electron chi connectivity index (χ2n) is 5.48. The predicted molar refractivity (Wildman–Crippen MR) is 66.6 cm³/mol. The van der Waals surface area contributed by atoms with E-state index in [1.807, 2.05) is 25.1 Å². The number of aryl methyl sites for hydroxylation is 1. The normalized spacial score (nSPS) is 19.4. The third-order valence-electron chi connectivity index (χ3n) is 3.59. The van der Waals surface area contributed by atoms with Gasteiger partial charge in [0.1, 0.15) is 5.75 Å². The van der Waals surface area contributed by atoms with Gasteiger partial charge in [0.2, 0.25) is 0 Å². The summed E-state index contributed by atoms with van der Waals surface area (Å²) < 4.78 is 0. The van der Waals surface area contributed by atoms with E-state index < -0.39 is 0 Å². The van der Waals surface area contributed by atoms with E-state index in [2.05, 4.69) is 19.2 Å². The van der Waals surface area contributed by atoms with E-state index >= 15 is 0 Å². The van der Waals surface area contributed by atoms with Gasteiger partial charge in [0.05, 0.1) is 0 Å². The number of benzene rings is 1. The second kappa shape index (κ2) is 4.10. The molecule has 0 aromatic heterocycles. The van der Waals surface area contributed by atoms with Crippen LogP contribution in [-0.4, -0.2) is 11.7 Å². The average Bonchev–Trinajstić information content (AvgIpc) is 2.94. The van der Waals surface area contributed by atoms with Crippen molar-refractivity contribution in [2.24, 2.45) is 5.41 Å². The van der Waals surface area contributed by atoms with Crippen molar-refractivity contribution in [1.29, 1.82) is 0 Å². The van der Waals surface area contributed by atoms with Gasteiger partial charge < -0.3 is 10.4 Å². The molecule has 0 aliphatic heterocycles. The summed E-state index contributed by atoms with van der Waals surface area (Å²) in [6.07, 6.45) is 2.65. The highest BCUT2D eigenvalue weighted by Crippen LogP contribution is 2.44. The van der Waals surface area contributed by atoms with Crippen molar-refractivity contribution in [3.63, 3.8) is 0 Å². The van der Waals surface area contributed by atoms with Crippen LogP contribution in [-0.2, 0) is 0 Å². The van der Waals surface area contributed by atoms with E-state index in [0.717, 1.165) is 17.7 Å². The van der Waals surface area contributed by atoms with E-state index in [9.17, 15) is 5.11 Å². The van der Waals surface area contributed by atoms with E-state index in [1.54, 1.807) is 0 Å². The second-order valence-corrected chi connectivity index (χ2v) is 5.48. The number of aromatic hydroxyl groups is 1.